The van der Waals surface area contributed by atoms with Crippen LogP contribution >= 0.6 is 47.2 Å². The molecule has 7 heteroatoms. The van der Waals surface area contributed by atoms with E-state index in [-0.39, 0.29) is 17.3 Å². The summed E-state index contributed by atoms with van der Waals surface area (Å²) in [5, 5.41) is 1.89. The predicted molar refractivity (Wildman–Crippen MR) is 104 cm³/mol. The fourth-order valence-corrected chi connectivity index (χ4v) is 5.17. The SMILES string of the molecule is O=C1[C@H]2CS[C@H](c3ccc(Cl)cc3)N2C(=S)N1c1ccc(Cl)cc1. The van der Waals surface area contributed by atoms with Gasteiger partial charge < -0.3 is 4.90 Å². The second kappa shape index (κ2) is 6.23. The molecule has 2 atom stereocenters. The molecule has 0 N–H and O–H groups in total. The molecule has 2 aromatic rings. The number of amides is 1. The van der Waals surface area contributed by atoms with Gasteiger partial charge in [-0.15, -0.1) is 11.8 Å². The maximum absolute atomic E-state index is 12.8. The van der Waals surface area contributed by atoms with Crippen molar-refractivity contribution in [3.63, 3.8) is 0 Å². The van der Waals surface area contributed by atoms with E-state index in [1.807, 2.05) is 41.3 Å². The standard InChI is InChI=1S/C17H12Cl2N2OS2/c18-11-3-1-10(2-4-11)16-21-14(9-24-16)15(22)20(17(21)23)13-7-5-12(19)6-8-13/h1-8,14,16H,9H2/t14-,16-/m1/s1. The number of hydrogen-bond acceptors (Lipinski definition) is 3. The van der Waals surface area contributed by atoms with Crippen LogP contribution in [0, 0.1) is 0 Å². The first-order chi connectivity index (χ1) is 11.6. The molecule has 2 saturated heterocycles. The van der Waals surface area contributed by atoms with E-state index in [1.54, 1.807) is 28.8 Å². The number of hydrogen-bond donors (Lipinski definition) is 0. The molecule has 2 aromatic carbocycles. The zero-order valence-electron chi connectivity index (χ0n) is 12.4. The molecule has 0 spiro atoms. The molecule has 0 unspecified atom stereocenters. The molecule has 0 aromatic heterocycles. The highest BCUT2D eigenvalue weighted by Gasteiger charge is 2.50. The number of halogens is 2. The molecule has 2 aliphatic heterocycles. The second-order valence-corrected chi connectivity index (χ2v) is 7.94. The third-order valence-corrected chi connectivity index (χ3v) is 6.38. The summed E-state index contributed by atoms with van der Waals surface area (Å²) >= 11 is 19.3. The number of nitrogens with zero attached hydrogens (tertiary/aromatic N) is 2. The average Bonchev–Trinajstić information content (AvgIpc) is 3.11. The van der Waals surface area contributed by atoms with Crippen molar-refractivity contribution in [3.8, 4) is 0 Å². The maximum atomic E-state index is 12.8. The fourth-order valence-electron chi connectivity index (χ4n) is 3.00. The van der Waals surface area contributed by atoms with E-state index in [0.29, 0.717) is 15.2 Å². The number of carbonyl (C=O) groups is 1. The minimum Gasteiger partial charge on any atom is -0.319 e. The molecule has 2 fully saturated rings. The first kappa shape index (κ1) is 16.2. The van der Waals surface area contributed by atoms with E-state index >= 15 is 0 Å². The van der Waals surface area contributed by atoms with E-state index < -0.39 is 0 Å². The molecule has 0 saturated carbocycles. The minimum absolute atomic E-state index is 0.0197. The Balaban J connectivity index is 1.67. The summed E-state index contributed by atoms with van der Waals surface area (Å²) in [4.78, 5) is 16.5. The number of carbonyl (C=O) groups excluding carboxylic acids is 1. The van der Waals surface area contributed by atoms with Crippen molar-refractivity contribution in [1.29, 1.82) is 0 Å². The predicted octanol–water partition coefficient (Wildman–Crippen LogP) is 4.74. The van der Waals surface area contributed by atoms with Crippen molar-refractivity contribution in [1.82, 2.24) is 4.90 Å². The lowest BCUT2D eigenvalue weighted by molar-refractivity contribution is -0.119. The molecule has 2 heterocycles. The van der Waals surface area contributed by atoms with Crippen LogP contribution in [0.4, 0.5) is 5.69 Å². The zero-order valence-corrected chi connectivity index (χ0v) is 15.5. The molecule has 1 amide bonds. The van der Waals surface area contributed by atoms with Crippen LogP contribution in [0.3, 0.4) is 0 Å². The summed E-state index contributed by atoms with van der Waals surface area (Å²) in [6.07, 6.45) is 0. The molecular formula is C17H12Cl2N2OS2. The average molecular weight is 395 g/mol. The monoisotopic (exact) mass is 394 g/mol. The Labute approximate surface area is 159 Å². The van der Waals surface area contributed by atoms with Crippen LogP contribution in [0.2, 0.25) is 10.0 Å². The van der Waals surface area contributed by atoms with Crippen molar-refractivity contribution in [2.75, 3.05) is 10.7 Å². The van der Waals surface area contributed by atoms with Crippen molar-refractivity contribution >= 4 is 63.9 Å². The van der Waals surface area contributed by atoms with E-state index in [1.165, 1.54) is 0 Å². The summed E-state index contributed by atoms with van der Waals surface area (Å²) in [5.74, 6) is 0.738. The van der Waals surface area contributed by atoms with Crippen molar-refractivity contribution in [2.24, 2.45) is 0 Å². The lowest BCUT2D eigenvalue weighted by Crippen LogP contribution is -2.33. The summed E-state index contributed by atoms with van der Waals surface area (Å²) in [6, 6.07) is 14.6. The molecule has 0 bridgehead atoms. The Bertz CT molecular complexity index is 810. The summed E-state index contributed by atoms with van der Waals surface area (Å²) in [5.41, 5.74) is 1.85. The zero-order chi connectivity index (χ0) is 16.8. The van der Waals surface area contributed by atoms with Crippen LogP contribution < -0.4 is 4.90 Å². The van der Waals surface area contributed by atoms with Crippen LogP contribution in [-0.4, -0.2) is 27.7 Å². The third kappa shape index (κ3) is 2.60. The highest BCUT2D eigenvalue weighted by molar-refractivity contribution is 7.99. The largest absolute Gasteiger partial charge is 0.319 e. The Kier molecular flexibility index (Phi) is 4.21. The Morgan fingerprint density at radius 3 is 2.21 bits per heavy atom. The number of anilines is 1. The molecule has 24 heavy (non-hydrogen) atoms. The Morgan fingerprint density at radius 1 is 1.00 bits per heavy atom. The molecule has 122 valence electrons. The van der Waals surface area contributed by atoms with Crippen LogP contribution in [0.1, 0.15) is 10.9 Å². The quantitative estimate of drug-likeness (QED) is 0.686. The van der Waals surface area contributed by atoms with Gasteiger partial charge in [0.1, 0.15) is 11.4 Å². The van der Waals surface area contributed by atoms with Crippen molar-refractivity contribution in [3.05, 3.63) is 64.1 Å². The van der Waals surface area contributed by atoms with Gasteiger partial charge in [-0.25, -0.2) is 0 Å². The van der Waals surface area contributed by atoms with Gasteiger partial charge in [-0.3, -0.25) is 9.69 Å². The Morgan fingerprint density at radius 2 is 1.58 bits per heavy atom. The van der Waals surface area contributed by atoms with Crippen LogP contribution in [0.5, 0.6) is 0 Å². The van der Waals surface area contributed by atoms with Crippen molar-refractivity contribution in [2.45, 2.75) is 11.4 Å². The first-order valence-electron chi connectivity index (χ1n) is 7.35. The fraction of sp³-hybridized carbons (Fsp3) is 0.176. The van der Waals surface area contributed by atoms with E-state index in [0.717, 1.165) is 17.0 Å². The lowest BCUT2D eigenvalue weighted by atomic mass is 10.2. The molecule has 0 radical (unpaired) electrons. The van der Waals surface area contributed by atoms with Crippen molar-refractivity contribution < 1.29 is 4.79 Å². The summed E-state index contributed by atoms with van der Waals surface area (Å²) in [6.45, 7) is 0. The minimum atomic E-state index is -0.223. The van der Waals surface area contributed by atoms with E-state index in [9.17, 15) is 4.79 Å². The number of thioether (sulfide) groups is 1. The Hall–Kier alpha value is -1.27. The topological polar surface area (TPSA) is 23.6 Å². The highest BCUT2D eigenvalue weighted by atomic mass is 35.5. The van der Waals surface area contributed by atoms with Gasteiger partial charge >= 0.3 is 0 Å². The highest BCUT2D eigenvalue weighted by Crippen LogP contribution is 2.46. The van der Waals surface area contributed by atoms with Gasteiger partial charge in [0.2, 0.25) is 0 Å². The van der Waals surface area contributed by atoms with Gasteiger partial charge in [0.25, 0.3) is 5.91 Å². The second-order valence-electron chi connectivity index (χ2n) is 5.59. The van der Waals surface area contributed by atoms with Gasteiger partial charge in [-0.1, -0.05) is 35.3 Å². The van der Waals surface area contributed by atoms with Crippen LogP contribution in [0.25, 0.3) is 0 Å². The van der Waals surface area contributed by atoms with Gasteiger partial charge in [-0.05, 0) is 54.2 Å². The normalized spacial score (nSPS) is 23.1. The molecular weight excluding hydrogens is 383 g/mol. The van der Waals surface area contributed by atoms with Gasteiger partial charge in [0.05, 0.1) is 5.69 Å². The number of rotatable bonds is 2. The number of thiocarbonyl (C=S) groups is 1. The molecule has 3 nitrogen and oxygen atoms in total. The van der Waals surface area contributed by atoms with Gasteiger partial charge in [0.15, 0.2) is 5.11 Å². The van der Waals surface area contributed by atoms with E-state index in [4.69, 9.17) is 35.4 Å². The van der Waals surface area contributed by atoms with Gasteiger partial charge in [0, 0.05) is 15.8 Å². The lowest BCUT2D eigenvalue weighted by Gasteiger charge is -2.25. The maximum Gasteiger partial charge on any atom is 0.257 e. The van der Waals surface area contributed by atoms with Crippen LogP contribution in [0.15, 0.2) is 48.5 Å². The smallest absolute Gasteiger partial charge is 0.257 e. The van der Waals surface area contributed by atoms with E-state index in [2.05, 4.69) is 0 Å². The number of fused-ring (bicyclic) bond motifs is 1. The molecule has 2 aliphatic rings. The molecule has 0 aliphatic carbocycles. The third-order valence-electron chi connectivity index (χ3n) is 4.16. The van der Waals surface area contributed by atoms with Gasteiger partial charge in [-0.2, -0.15) is 0 Å². The molecule has 4 rings (SSSR count). The first-order valence-corrected chi connectivity index (χ1v) is 9.56. The summed E-state index contributed by atoms with van der Waals surface area (Å²) in [7, 11) is 0. The summed E-state index contributed by atoms with van der Waals surface area (Å²) < 4.78 is 0. The number of benzene rings is 2. The van der Waals surface area contributed by atoms with Crippen LogP contribution in [-0.2, 0) is 4.79 Å².